The minimum absolute atomic E-state index is 0.0854. The van der Waals surface area contributed by atoms with Crippen molar-refractivity contribution in [2.75, 3.05) is 19.8 Å². The van der Waals surface area contributed by atoms with Gasteiger partial charge < -0.3 is 19.9 Å². The Hall–Kier alpha value is -4.07. The molecule has 5 rings (SSSR count). The van der Waals surface area contributed by atoms with Crippen LogP contribution in [-0.2, 0) is 6.42 Å². The van der Waals surface area contributed by atoms with E-state index in [1.165, 1.54) is 0 Å². The molecule has 0 fully saturated rings. The molecule has 0 saturated carbocycles. The molecule has 34 heavy (non-hydrogen) atoms. The number of hydrogen-bond donors (Lipinski definition) is 2. The van der Waals surface area contributed by atoms with Crippen molar-refractivity contribution in [2.24, 2.45) is 0 Å². The first-order valence-electron chi connectivity index (χ1n) is 11.3. The third-order valence-electron chi connectivity index (χ3n) is 5.75. The average Bonchev–Trinajstić information content (AvgIpc) is 3.27. The Balaban J connectivity index is 1.48. The number of hydrogen-bond acceptors (Lipinski definition) is 6. The van der Waals surface area contributed by atoms with Crippen LogP contribution < -0.4 is 14.8 Å². The van der Waals surface area contributed by atoms with E-state index in [4.69, 9.17) is 14.5 Å². The molecule has 0 bridgehead atoms. The number of amides is 1. The van der Waals surface area contributed by atoms with Crippen molar-refractivity contribution in [3.8, 4) is 28.5 Å². The SMILES string of the molecule is CC(C)n1ncc2c(C(=O)NCCc3cccc(O)c3)cc(-c3ccc4c(c3)OCCO4)nc21. The van der Waals surface area contributed by atoms with E-state index in [0.29, 0.717) is 60.0 Å². The molecule has 0 saturated heterocycles. The minimum atomic E-state index is -0.199. The van der Waals surface area contributed by atoms with Crippen LogP contribution in [0.2, 0.25) is 0 Å². The highest BCUT2D eigenvalue weighted by molar-refractivity contribution is 6.06. The van der Waals surface area contributed by atoms with Gasteiger partial charge in [0.25, 0.3) is 5.91 Å². The zero-order valence-corrected chi connectivity index (χ0v) is 19.1. The Morgan fingerprint density at radius 2 is 1.94 bits per heavy atom. The van der Waals surface area contributed by atoms with E-state index in [1.54, 1.807) is 30.5 Å². The summed E-state index contributed by atoms with van der Waals surface area (Å²) in [7, 11) is 0. The van der Waals surface area contributed by atoms with Gasteiger partial charge in [-0.1, -0.05) is 12.1 Å². The number of ether oxygens (including phenoxy) is 2. The molecule has 2 aromatic heterocycles. The molecular formula is C26H26N4O4. The third kappa shape index (κ3) is 4.26. The van der Waals surface area contributed by atoms with E-state index in [0.717, 1.165) is 11.1 Å². The van der Waals surface area contributed by atoms with E-state index in [2.05, 4.69) is 10.4 Å². The fourth-order valence-electron chi connectivity index (χ4n) is 4.06. The molecule has 0 unspecified atom stereocenters. The molecule has 1 amide bonds. The standard InChI is InChI=1S/C26H26N4O4/c1-16(2)30-25-21(15-28-30)20(26(32)27-9-8-17-4-3-5-19(31)12-17)14-22(29-25)18-6-7-23-24(13-18)34-11-10-33-23/h3-7,12-16,31H,8-11H2,1-2H3,(H,27,32). The lowest BCUT2D eigenvalue weighted by Gasteiger charge is -2.19. The number of benzene rings is 2. The molecule has 0 aliphatic carbocycles. The molecule has 0 atom stereocenters. The Labute approximate surface area is 197 Å². The summed E-state index contributed by atoms with van der Waals surface area (Å²) in [6.45, 7) is 5.51. The molecule has 0 radical (unpaired) electrons. The highest BCUT2D eigenvalue weighted by Gasteiger charge is 2.20. The van der Waals surface area contributed by atoms with E-state index < -0.39 is 0 Å². The van der Waals surface area contributed by atoms with Gasteiger partial charge in [-0.15, -0.1) is 0 Å². The van der Waals surface area contributed by atoms with Crippen LogP contribution in [0, 0.1) is 0 Å². The van der Waals surface area contributed by atoms with Crippen molar-refractivity contribution in [1.82, 2.24) is 20.1 Å². The number of phenolic OH excluding ortho intramolecular Hbond substituents is 1. The van der Waals surface area contributed by atoms with Crippen molar-refractivity contribution >= 4 is 16.9 Å². The molecular weight excluding hydrogens is 432 g/mol. The number of carbonyl (C=O) groups excluding carboxylic acids is 1. The lowest BCUT2D eigenvalue weighted by atomic mass is 10.1. The number of carbonyl (C=O) groups is 1. The van der Waals surface area contributed by atoms with E-state index in [1.807, 2.05) is 42.8 Å². The Morgan fingerprint density at radius 3 is 2.74 bits per heavy atom. The molecule has 1 aliphatic rings. The molecule has 8 heteroatoms. The number of aromatic hydroxyl groups is 1. The van der Waals surface area contributed by atoms with Gasteiger partial charge >= 0.3 is 0 Å². The summed E-state index contributed by atoms with van der Waals surface area (Å²) < 4.78 is 13.2. The lowest BCUT2D eigenvalue weighted by Crippen LogP contribution is -2.26. The monoisotopic (exact) mass is 458 g/mol. The number of pyridine rings is 1. The third-order valence-corrected chi connectivity index (χ3v) is 5.75. The largest absolute Gasteiger partial charge is 0.508 e. The molecule has 174 valence electrons. The molecule has 1 aliphatic heterocycles. The van der Waals surface area contributed by atoms with Crippen LogP contribution in [-0.4, -0.2) is 45.5 Å². The van der Waals surface area contributed by atoms with Gasteiger partial charge in [0, 0.05) is 18.2 Å². The predicted molar refractivity (Wildman–Crippen MR) is 128 cm³/mol. The van der Waals surface area contributed by atoms with Crippen molar-refractivity contribution < 1.29 is 19.4 Å². The van der Waals surface area contributed by atoms with Crippen LogP contribution in [0.15, 0.2) is 54.7 Å². The molecule has 8 nitrogen and oxygen atoms in total. The fourth-order valence-corrected chi connectivity index (χ4v) is 4.06. The first-order valence-corrected chi connectivity index (χ1v) is 11.3. The van der Waals surface area contributed by atoms with Gasteiger partial charge in [-0.2, -0.15) is 5.10 Å². The van der Waals surface area contributed by atoms with Crippen LogP contribution in [0.3, 0.4) is 0 Å². The van der Waals surface area contributed by atoms with Crippen molar-refractivity contribution in [3.05, 3.63) is 65.9 Å². The maximum Gasteiger partial charge on any atom is 0.252 e. The smallest absolute Gasteiger partial charge is 0.252 e. The maximum absolute atomic E-state index is 13.2. The fraction of sp³-hybridized carbons (Fsp3) is 0.269. The lowest BCUT2D eigenvalue weighted by molar-refractivity contribution is 0.0955. The summed E-state index contributed by atoms with van der Waals surface area (Å²) in [5.74, 6) is 1.38. The van der Waals surface area contributed by atoms with Crippen molar-refractivity contribution in [2.45, 2.75) is 26.3 Å². The number of fused-ring (bicyclic) bond motifs is 2. The van der Waals surface area contributed by atoms with Crippen LogP contribution in [0.1, 0.15) is 35.8 Å². The molecule has 2 N–H and O–H groups in total. The summed E-state index contributed by atoms with van der Waals surface area (Å²) in [6.07, 6.45) is 2.30. The Morgan fingerprint density at radius 1 is 1.12 bits per heavy atom. The summed E-state index contributed by atoms with van der Waals surface area (Å²) in [5.41, 5.74) is 3.60. The number of nitrogens with zero attached hydrogens (tertiary/aromatic N) is 3. The van der Waals surface area contributed by atoms with Gasteiger partial charge in [-0.05, 0) is 62.2 Å². The molecule has 0 spiro atoms. The Bertz CT molecular complexity index is 1360. The topological polar surface area (TPSA) is 98.5 Å². The van der Waals surface area contributed by atoms with Gasteiger partial charge in [0.15, 0.2) is 17.1 Å². The van der Waals surface area contributed by atoms with Gasteiger partial charge in [0.2, 0.25) is 0 Å². The quantitative estimate of drug-likeness (QED) is 0.451. The van der Waals surface area contributed by atoms with Gasteiger partial charge in [0.05, 0.1) is 22.8 Å². The summed E-state index contributed by atoms with van der Waals surface area (Å²) in [5, 5.41) is 17.8. The van der Waals surface area contributed by atoms with Crippen LogP contribution in [0.5, 0.6) is 17.2 Å². The van der Waals surface area contributed by atoms with Crippen LogP contribution >= 0.6 is 0 Å². The predicted octanol–water partition coefficient (Wildman–Crippen LogP) is 4.13. The van der Waals surface area contributed by atoms with Gasteiger partial charge in [-0.3, -0.25) is 4.79 Å². The molecule has 2 aromatic carbocycles. The molecule has 3 heterocycles. The second-order valence-electron chi connectivity index (χ2n) is 8.51. The van der Waals surface area contributed by atoms with Crippen LogP contribution in [0.25, 0.3) is 22.3 Å². The van der Waals surface area contributed by atoms with Crippen LogP contribution in [0.4, 0.5) is 0 Å². The number of phenols is 1. The average molecular weight is 459 g/mol. The van der Waals surface area contributed by atoms with E-state index >= 15 is 0 Å². The minimum Gasteiger partial charge on any atom is -0.508 e. The first-order chi connectivity index (χ1) is 16.5. The number of aromatic nitrogens is 3. The maximum atomic E-state index is 13.2. The van der Waals surface area contributed by atoms with E-state index in [9.17, 15) is 9.90 Å². The zero-order valence-electron chi connectivity index (χ0n) is 19.1. The summed E-state index contributed by atoms with van der Waals surface area (Å²) >= 11 is 0. The summed E-state index contributed by atoms with van der Waals surface area (Å²) in [4.78, 5) is 18.1. The summed E-state index contributed by atoms with van der Waals surface area (Å²) in [6, 6.07) is 14.6. The second-order valence-corrected chi connectivity index (χ2v) is 8.51. The van der Waals surface area contributed by atoms with Crippen molar-refractivity contribution in [1.29, 1.82) is 0 Å². The zero-order chi connectivity index (χ0) is 23.7. The first kappa shape index (κ1) is 21.8. The second kappa shape index (κ2) is 9.05. The number of rotatable bonds is 6. The van der Waals surface area contributed by atoms with E-state index in [-0.39, 0.29) is 17.7 Å². The van der Waals surface area contributed by atoms with Crippen molar-refractivity contribution in [3.63, 3.8) is 0 Å². The Kier molecular flexibility index (Phi) is 5.79. The number of nitrogens with one attached hydrogen (secondary N) is 1. The van der Waals surface area contributed by atoms with Gasteiger partial charge in [-0.25, -0.2) is 9.67 Å². The molecule has 4 aromatic rings. The highest BCUT2D eigenvalue weighted by Crippen LogP contribution is 2.35. The normalized spacial score (nSPS) is 12.8. The van der Waals surface area contributed by atoms with Gasteiger partial charge in [0.1, 0.15) is 19.0 Å². The highest BCUT2D eigenvalue weighted by atomic mass is 16.6.